The molecule has 1 aromatic heterocycles. The predicted octanol–water partition coefficient (Wildman–Crippen LogP) is 3.80. The molecule has 29 heavy (non-hydrogen) atoms. The zero-order valence-corrected chi connectivity index (χ0v) is 17.6. The maximum Gasteiger partial charge on any atom is 0.340 e. The second-order valence-corrected chi connectivity index (χ2v) is 7.11. The number of rotatable bonds is 6. The zero-order valence-electron chi connectivity index (χ0n) is 17.6. The summed E-state index contributed by atoms with van der Waals surface area (Å²) in [6.45, 7) is 6.24. The van der Waals surface area contributed by atoms with Crippen LogP contribution in [-0.4, -0.2) is 49.1 Å². The van der Waals surface area contributed by atoms with Crippen molar-refractivity contribution in [2.45, 2.75) is 39.7 Å². The molecule has 0 radical (unpaired) electrons. The van der Waals surface area contributed by atoms with Crippen LogP contribution in [0.4, 0.5) is 0 Å². The Morgan fingerprint density at radius 2 is 1.97 bits per heavy atom. The van der Waals surface area contributed by atoms with E-state index in [-0.39, 0.29) is 18.6 Å². The first-order chi connectivity index (χ1) is 13.9. The molecule has 7 heteroatoms. The molecule has 1 saturated heterocycles. The highest BCUT2D eigenvalue weighted by atomic mass is 16.5. The van der Waals surface area contributed by atoms with Crippen molar-refractivity contribution in [3.8, 4) is 11.5 Å². The van der Waals surface area contributed by atoms with Crippen LogP contribution in [0.15, 0.2) is 18.2 Å². The van der Waals surface area contributed by atoms with Crippen LogP contribution >= 0.6 is 0 Å². The van der Waals surface area contributed by atoms with Crippen LogP contribution in [0, 0.1) is 13.8 Å². The number of hydrogen-bond acceptors (Lipinski definition) is 5. The lowest BCUT2D eigenvalue weighted by Crippen LogP contribution is -2.31. The minimum Gasteiger partial charge on any atom is -0.497 e. The molecule has 1 N–H and O–H groups in total. The van der Waals surface area contributed by atoms with Crippen LogP contribution in [-0.2, 0) is 4.74 Å². The van der Waals surface area contributed by atoms with E-state index in [1.54, 1.807) is 35.0 Å². The zero-order chi connectivity index (χ0) is 21.1. The Morgan fingerprint density at radius 3 is 2.62 bits per heavy atom. The molecule has 0 saturated carbocycles. The molecular weight excluding hydrogens is 372 g/mol. The lowest BCUT2D eigenvalue weighted by molar-refractivity contribution is 0.0525. The molecule has 156 valence electrons. The van der Waals surface area contributed by atoms with E-state index in [2.05, 4.69) is 4.98 Å². The number of nitrogens with zero attached hydrogens (tertiary/aromatic N) is 1. The first-order valence-electron chi connectivity index (χ1n) is 9.82. The van der Waals surface area contributed by atoms with Crippen molar-refractivity contribution in [1.82, 2.24) is 9.88 Å². The molecule has 2 aromatic rings. The van der Waals surface area contributed by atoms with Crippen molar-refractivity contribution < 1.29 is 23.8 Å². The Balaban J connectivity index is 1.96. The summed E-state index contributed by atoms with van der Waals surface area (Å²) >= 11 is 0. The smallest absolute Gasteiger partial charge is 0.340 e. The molecule has 3 rings (SSSR count). The molecule has 1 aliphatic heterocycles. The molecule has 1 aliphatic rings. The van der Waals surface area contributed by atoms with Gasteiger partial charge in [-0.3, -0.25) is 4.79 Å². The van der Waals surface area contributed by atoms with Gasteiger partial charge in [-0.2, -0.15) is 0 Å². The Labute approximate surface area is 170 Å². The summed E-state index contributed by atoms with van der Waals surface area (Å²) in [4.78, 5) is 30.6. The van der Waals surface area contributed by atoms with E-state index < -0.39 is 5.97 Å². The van der Waals surface area contributed by atoms with Crippen LogP contribution in [0.25, 0.3) is 0 Å². The van der Waals surface area contributed by atoms with Gasteiger partial charge in [-0.15, -0.1) is 0 Å². The first-order valence-corrected chi connectivity index (χ1v) is 9.82. The molecule has 1 atom stereocenters. The minimum absolute atomic E-state index is 0.124. The van der Waals surface area contributed by atoms with Crippen LogP contribution in [0.3, 0.4) is 0 Å². The van der Waals surface area contributed by atoms with Crippen LogP contribution < -0.4 is 9.47 Å². The van der Waals surface area contributed by atoms with Gasteiger partial charge < -0.3 is 24.1 Å². The van der Waals surface area contributed by atoms with Gasteiger partial charge in [0.25, 0.3) is 5.91 Å². The van der Waals surface area contributed by atoms with E-state index in [4.69, 9.17) is 14.2 Å². The molecule has 7 nitrogen and oxygen atoms in total. The van der Waals surface area contributed by atoms with Crippen molar-refractivity contribution in [2.24, 2.45) is 0 Å². The average molecular weight is 400 g/mol. The van der Waals surface area contributed by atoms with Crippen molar-refractivity contribution in [3.63, 3.8) is 0 Å². The second kappa shape index (κ2) is 8.59. The summed E-state index contributed by atoms with van der Waals surface area (Å²) in [6, 6.07) is 5.50. The molecule has 0 spiro atoms. The van der Waals surface area contributed by atoms with Gasteiger partial charge in [0.1, 0.15) is 17.2 Å². The highest BCUT2D eigenvalue weighted by molar-refractivity contribution is 6.00. The van der Waals surface area contributed by atoms with Gasteiger partial charge in [0.2, 0.25) is 0 Å². The quantitative estimate of drug-likeness (QED) is 0.746. The van der Waals surface area contributed by atoms with Crippen molar-refractivity contribution in [3.05, 3.63) is 46.3 Å². The number of H-pyrrole nitrogens is 1. The molecule has 1 amide bonds. The molecular formula is C22H28N2O5. The highest BCUT2D eigenvalue weighted by Crippen LogP contribution is 2.40. The summed E-state index contributed by atoms with van der Waals surface area (Å²) in [5.41, 5.74) is 3.04. The van der Waals surface area contributed by atoms with Crippen molar-refractivity contribution in [1.29, 1.82) is 0 Å². The number of nitrogens with one attached hydrogen (secondary N) is 1. The molecule has 1 aromatic carbocycles. The maximum absolute atomic E-state index is 13.4. The number of ether oxygens (including phenoxy) is 3. The largest absolute Gasteiger partial charge is 0.497 e. The van der Waals surface area contributed by atoms with Gasteiger partial charge in [0.05, 0.1) is 32.4 Å². The first kappa shape index (κ1) is 20.8. The maximum atomic E-state index is 13.4. The van der Waals surface area contributed by atoms with Gasteiger partial charge in [0, 0.05) is 17.8 Å². The summed E-state index contributed by atoms with van der Waals surface area (Å²) < 4.78 is 16.0. The summed E-state index contributed by atoms with van der Waals surface area (Å²) in [5, 5.41) is 0. The van der Waals surface area contributed by atoms with Crippen LogP contribution in [0.2, 0.25) is 0 Å². The number of hydrogen-bond donors (Lipinski definition) is 1. The Morgan fingerprint density at radius 1 is 1.21 bits per heavy atom. The van der Waals surface area contributed by atoms with Crippen LogP contribution in [0.1, 0.15) is 63.5 Å². The van der Waals surface area contributed by atoms with E-state index >= 15 is 0 Å². The molecule has 1 fully saturated rings. The predicted molar refractivity (Wildman–Crippen MR) is 109 cm³/mol. The molecule has 2 heterocycles. The van der Waals surface area contributed by atoms with E-state index in [0.29, 0.717) is 29.1 Å². The number of carbonyl (C=O) groups excluding carboxylic acids is 2. The summed E-state index contributed by atoms with van der Waals surface area (Å²) in [5.74, 6) is 0.900. The summed E-state index contributed by atoms with van der Waals surface area (Å²) in [7, 11) is 3.24. The van der Waals surface area contributed by atoms with E-state index in [1.165, 1.54) is 0 Å². The fourth-order valence-electron chi connectivity index (χ4n) is 4.05. The Bertz CT molecular complexity index is 918. The third-order valence-corrected chi connectivity index (χ3v) is 5.44. The second-order valence-electron chi connectivity index (χ2n) is 7.11. The lowest BCUT2D eigenvalue weighted by Gasteiger charge is -2.26. The number of likely N-dealkylation sites (tertiary alicyclic amines) is 1. The third kappa shape index (κ3) is 3.81. The van der Waals surface area contributed by atoms with Gasteiger partial charge in [0.15, 0.2) is 0 Å². The highest BCUT2D eigenvalue weighted by Gasteiger charge is 2.35. The minimum atomic E-state index is -0.412. The fourth-order valence-corrected chi connectivity index (χ4v) is 4.05. The third-order valence-electron chi connectivity index (χ3n) is 5.44. The van der Waals surface area contributed by atoms with Gasteiger partial charge in [-0.1, -0.05) is 0 Å². The summed E-state index contributed by atoms with van der Waals surface area (Å²) in [6.07, 6.45) is 1.72. The number of esters is 1. The monoisotopic (exact) mass is 400 g/mol. The molecule has 1 unspecified atom stereocenters. The Kier molecular flexibility index (Phi) is 6.15. The number of benzene rings is 1. The number of amides is 1. The number of aryl methyl sites for hydroxylation is 1. The Hall–Kier alpha value is -2.96. The number of aromatic amines is 1. The number of aromatic nitrogens is 1. The standard InChI is InChI=1S/C22H28N2O5/c1-6-29-22(26)19-13(2)20(23-14(19)3)21(25)24-11-7-8-17(24)16-12-15(27-4)9-10-18(16)28-5/h9-10,12,17,23H,6-8,11H2,1-5H3. The topological polar surface area (TPSA) is 80.9 Å². The lowest BCUT2D eigenvalue weighted by atomic mass is 10.0. The number of methoxy groups -OCH3 is 2. The van der Waals surface area contributed by atoms with E-state index in [1.807, 2.05) is 23.1 Å². The SMILES string of the molecule is CCOC(=O)c1c(C)[nH]c(C(=O)N2CCCC2c2cc(OC)ccc2OC)c1C. The normalized spacial score (nSPS) is 16.0. The van der Waals surface area contributed by atoms with Crippen molar-refractivity contribution in [2.75, 3.05) is 27.4 Å². The molecule has 0 aliphatic carbocycles. The van der Waals surface area contributed by atoms with Gasteiger partial charge in [-0.05, 0) is 57.4 Å². The van der Waals surface area contributed by atoms with Crippen LogP contribution in [0.5, 0.6) is 11.5 Å². The van der Waals surface area contributed by atoms with Gasteiger partial charge in [-0.25, -0.2) is 4.79 Å². The van der Waals surface area contributed by atoms with E-state index in [9.17, 15) is 9.59 Å². The van der Waals surface area contributed by atoms with Gasteiger partial charge >= 0.3 is 5.97 Å². The van der Waals surface area contributed by atoms with Crippen molar-refractivity contribution >= 4 is 11.9 Å². The van der Waals surface area contributed by atoms with E-state index in [0.717, 1.165) is 29.9 Å². The fraction of sp³-hybridized carbons (Fsp3) is 0.455. The number of carbonyl (C=O) groups is 2. The average Bonchev–Trinajstić information content (AvgIpc) is 3.31. The molecule has 0 bridgehead atoms.